The van der Waals surface area contributed by atoms with Crippen LogP contribution in [-0.2, 0) is 24.8 Å². The molecule has 0 saturated carbocycles. The van der Waals surface area contributed by atoms with Gasteiger partial charge in [0, 0.05) is 45.9 Å². The van der Waals surface area contributed by atoms with E-state index in [1.807, 2.05) is 17.8 Å². The molecule has 0 aliphatic rings. The van der Waals surface area contributed by atoms with Crippen molar-refractivity contribution in [3.05, 3.63) is 77.6 Å². The molecule has 0 bridgehead atoms. The Morgan fingerprint density at radius 1 is 1.15 bits per heavy atom. The van der Waals surface area contributed by atoms with Crippen molar-refractivity contribution >= 4 is 28.5 Å². The molecule has 2 heterocycles. The predicted octanol–water partition coefficient (Wildman–Crippen LogP) is 3.23. The Balaban J connectivity index is 1.61. The molecule has 0 atom stereocenters. The van der Waals surface area contributed by atoms with E-state index in [9.17, 15) is 14.0 Å². The number of fused-ring (bicyclic) bond motifs is 1. The first-order chi connectivity index (χ1) is 15.8. The number of imidazole rings is 1. The summed E-state index contributed by atoms with van der Waals surface area (Å²) in [5, 5.41) is 6.97. The standard InChI is InChI=1S/C24H25FN6O2/c1-16(32)28-22-11-19(24(33)29(2)9-8-18-12-27-30(3)13-18)10-21-23(22)31(15-26-21)14-17-4-6-20(25)7-5-17/h4-7,10-13,15H,8-9,14H2,1-3H3,(H,28,32). The van der Waals surface area contributed by atoms with Gasteiger partial charge in [-0.3, -0.25) is 14.3 Å². The van der Waals surface area contributed by atoms with Crippen LogP contribution in [0.3, 0.4) is 0 Å². The summed E-state index contributed by atoms with van der Waals surface area (Å²) in [5.74, 6) is -0.718. The van der Waals surface area contributed by atoms with Gasteiger partial charge in [-0.15, -0.1) is 0 Å². The average molecular weight is 449 g/mol. The maximum atomic E-state index is 13.3. The van der Waals surface area contributed by atoms with Gasteiger partial charge in [-0.25, -0.2) is 9.37 Å². The highest BCUT2D eigenvalue weighted by Crippen LogP contribution is 2.27. The summed E-state index contributed by atoms with van der Waals surface area (Å²) in [6.07, 6.45) is 6.04. The first-order valence-electron chi connectivity index (χ1n) is 10.5. The molecule has 0 aliphatic carbocycles. The highest BCUT2D eigenvalue weighted by atomic mass is 19.1. The Kier molecular flexibility index (Phi) is 6.21. The monoisotopic (exact) mass is 448 g/mol. The normalized spacial score (nSPS) is 11.0. The number of likely N-dealkylation sites (N-methyl/N-ethyl adjacent to an activating group) is 1. The second kappa shape index (κ2) is 9.23. The lowest BCUT2D eigenvalue weighted by Crippen LogP contribution is -2.29. The van der Waals surface area contributed by atoms with Crippen LogP contribution in [0.25, 0.3) is 11.0 Å². The number of hydrogen-bond donors (Lipinski definition) is 1. The maximum Gasteiger partial charge on any atom is 0.253 e. The lowest BCUT2D eigenvalue weighted by atomic mass is 10.1. The van der Waals surface area contributed by atoms with Crippen LogP contribution < -0.4 is 5.32 Å². The molecule has 4 rings (SSSR count). The second-order valence-electron chi connectivity index (χ2n) is 8.07. The van der Waals surface area contributed by atoms with Crippen molar-refractivity contribution in [3.63, 3.8) is 0 Å². The number of nitrogens with zero attached hydrogens (tertiary/aromatic N) is 5. The number of amides is 2. The molecule has 1 N–H and O–H groups in total. The van der Waals surface area contributed by atoms with Crippen LogP contribution in [0.2, 0.25) is 0 Å². The lowest BCUT2D eigenvalue weighted by Gasteiger charge is -2.18. The zero-order chi connectivity index (χ0) is 23.5. The van der Waals surface area contributed by atoms with Gasteiger partial charge in [0.2, 0.25) is 5.91 Å². The van der Waals surface area contributed by atoms with Crippen molar-refractivity contribution in [2.24, 2.45) is 7.05 Å². The van der Waals surface area contributed by atoms with Gasteiger partial charge in [-0.2, -0.15) is 5.10 Å². The molecule has 0 aliphatic heterocycles. The molecule has 0 spiro atoms. The van der Waals surface area contributed by atoms with E-state index in [-0.39, 0.29) is 17.6 Å². The molecule has 0 unspecified atom stereocenters. The Labute approximate surface area is 190 Å². The van der Waals surface area contributed by atoms with Crippen molar-refractivity contribution in [2.75, 3.05) is 18.9 Å². The van der Waals surface area contributed by atoms with Crippen LogP contribution in [0.15, 0.2) is 55.1 Å². The number of anilines is 1. The summed E-state index contributed by atoms with van der Waals surface area (Å²) in [7, 11) is 3.60. The summed E-state index contributed by atoms with van der Waals surface area (Å²) >= 11 is 0. The minimum atomic E-state index is -0.302. The third-order valence-electron chi connectivity index (χ3n) is 5.38. The number of carbonyl (C=O) groups excluding carboxylic acids is 2. The van der Waals surface area contributed by atoms with Gasteiger partial charge in [-0.05, 0) is 41.8 Å². The summed E-state index contributed by atoms with van der Waals surface area (Å²) < 4.78 is 16.9. The highest BCUT2D eigenvalue weighted by molar-refractivity contribution is 6.05. The summed E-state index contributed by atoms with van der Waals surface area (Å²) in [6.45, 7) is 2.39. The molecule has 2 aromatic heterocycles. The van der Waals surface area contributed by atoms with Gasteiger partial charge in [0.25, 0.3) is 5.91 Å². The van der Waals surface area contributed by atoms with E-state index in [1.165, 1.54) is 19.1 Å². The van der Waals surface area contributed by atoms with E-state index in [4.69, 9.17) is 0 Å². The van der Waals surface area contributed by atoms with Crippen LogP contribution >= 0.6 is 0 Å². The maximum absolute atomic E-state index is 13.3. The number of carbonyl (C=O) groups is 2. The van der Waals surface area contributed by atoms with Gasteiger partial charge in [-0.1, -0.05) is 12.1 Å². The summed E-state index contributed by atoms with van der Waals surface area (Å²) in [6, 6.07) is 9.62. The molecule has 9 heteroatoms. The molecule has 170 valence electrons. The molecule has 33 heavy (non-hydrogen) atoms. The minimum Gasteiger partial charge on any atom is -0.341 e. The number of halogens is 1. The minimum absolute atomic E-state index is 0.166. The summed E-state index contributed by atoms with van der Waals surface area (Å²) in [5.41, 5.74) is 4.16. The van der Waals surface area contributed by atoms with E-state index < -0.39 is 0 Å². The smallest absolute Gasteiger partial charge is 0.253 e. The number of nitrogens with one attached hydrogen (secondary N) is 1. The Morgan fingerprint density at radius 3 is 2.58 bits per heavy atom. The van der Waals surface area contributed by atoms with E-state index in [0.29, 0.717) is 41.8 Å². The van der Waals surface area contributed by atoms with Crippen LogP contribution in [-0.4, -0.2) is 49.6 Å². The van der Waals surface area contributed by atoms with Crippen molar-refractivity contribution in [1.29, 1.82) is 0 Å². The Morgan fingerprint density at radius 2 is 1.91 bits per heavy atom. The van der Waals surface area contributed by atoms with Crippen LogP contribution in [0.4, 0.5) is 10.1 Å². The number of benzene rings is 2. The lowest BCUT2D eigenvalue weighted by molar-refractivity contribution is -0.114. The van der Waals surface area contributed by atoms with Crippen LogP contribution in [0.5, 0.6) is 0 Å². The fourth-order valence-corrected chi connectivity index (χ4v) is 3.74. The van der Waals surface area contributed by atoms with Gasteiger partial charge in [0.1, 0.15) is 5.82 Å². The largest absolute Gasteiger partial charge is 0.341 e. The number of aromatic nitrogens is 4. The topological polar surface area (TPSA) is 85.1 Å². The second-order valence-corrected chi connectivity index (χ2v) is 8.07. The van der Waals surface area contributed by atoms with E-state index >= 15 is 0 Å². The van der Waals surface area contributed by atoms with Crippen molar-refractivity contribution < 1.29 is 14.0 Å². The van der Waals surface area contributed by atoms with Gasteiger partial charge < -0.3 is 14.8 Å². The number of aryl methyl sites for hydroxylation is 1. The van der Waals surface area contributed by atoms with Crippen molar-refractivity contribution in [1.82, 2.24) is 24.2 Å². The summed E-state index contributed by atoms with van der Waals surface area (Å²) in [4.78, 5) is 31.1. The van der Waals surface area contributed by atoms with Crippen molar-refractivity contribution in [2.45, 2.75) is 19.9 Å². The molecule has 0 saturated heterocycles. The number of rotatable bonds is 7. The molecular formula is C24H25FN6O2. The fraction of sp³-hybridized carbons (Fsp3) is 0.250. The van der Waals surface area contributed by atoms with Crippen molar-refractivity contribution in [3.8, 4) is 0 Å². The zero-order valence-corrected chi connectivity index (χ0v) is 18.7. The third kappa shape index (κ3) is 5.08. The zero-order valence-electron chi connectivity index (χ0n) is 18.7. The van der Waals surface area contributed by atoms with E-state index in [1.54, 1.807) is 53.4 Å². The molecule has 0 radical (unpaired) electrons. The quantitative estimate of drug-likeness (QED) is 0.470. The molecule has 4 aromatic rings. The molecule has 8 nitrogen and oxygen atoms in total. The SMILES string of the molecule is CC(=O)Nc1cc(C(=O)N(C)CCc2cnn(C)c2)cc2ncn(Cc3ccc(F)cc3)c12. The third-order valence-corrected chi connectivity index (χ3v) is 5.38. The molecular weight excluding hydrogens is 423 g/mol. The predicted molar refractivity (Wildman–Crippen MR) is 123 cm³/mol. The van der Waals surface area contributed by atoms with E-state index in [0.717, 1.165) is 11.1 Å². The molecule has 0 fully saturated rings. The highest BCUT2D eigenvalue weighted by Gasteiger charge is 2.18. The average Bonchev–Trinajstić information content (AvgIpc) is 3.38. The Bertz CT molecular complexity index is 1310. The first-order valence-corrected chi connectivity index (χ1v) is 10.5. The molecule has 2 aromatic carbocycles. The van der Waals surface area contributed by atoms with Crippen LogP contribution in [0, 0.1) is 5.82 Å². The van der Waals surface area contributed by atoms with Gasteiger partial charge in [0.05, 0.1) is 29.2 Å². The van der Waals surface area contributed by atoms with Crippen LogP contribution in [0.1, 0.15) is 28.4 Å². The number of hydrogen-bond acceptors (Lipinski definition) is 4. The van der Waals surface area contributed by atoms with E-state index in [2.05, 4.69) is 15.4 Å². The Hall–Kier alpha value is -4.01. The first kappa shape index (κ1) is 22.2. The van der Waals surface area contributed by atoms with Gasteiger partial charge in [0.15, 0.2) is 0 Å². The molecule has 2 amide bonds. The van der Waals surface area contributed by atoms with Gasteiger partial charge >= 0.3 is 0 Å². The fourth-order valence-electron chi connectivity index (χ4n) is 3.74.